The number of benzene rings is 2. The molecule has 1 fully saturated rings. The summed E-state index contributed by atoms with van der Waals surface area (Å²) in [4.78, 5) is 13.6. The molecule has 0 radical (unpaired) electrons. The van der Waals surface area contributed by atoms with Crippen molar-refractivity contribution in [2.75, 3.05) is 20.1 Å². The van der Waals surface area contributed by atoms with Crippen LogP contribution in [0.1, 0.15) is 47.5 Å². The normalized spacial score (nSPS) is 20.5. The lowest BCUT2D eigenvalue weighted by Crippen LogP contribution is -2.24. The van der Waals surface area contributed by atoms with Crippen LogP contribution in [-0.4, -0.2) is 36.4 Å². The van der Waals surface area contributed by atoms with Crippen LogP contribution in [0.25, 0.3) is 10.8 Å². The van der Waals surface area contributed by atoms with Gasteiger partial charge in [0.2, 0.25) is 0 Å². The Morgan fingerprint density at radius 2 is 2.00 bits per heavy atom. The molecule has 2 aromatic carbocycles. The molecule has 1 N–H and O–H groups in total. The Hall–Kier alpha value is -1.87. The molecule has 3 nitrogen and oxygen atoms in total. The van der Waals surface area contributed by atoms with Gasteiger partial charge in [-0.15, -0.1) is 0 Å². The van der Waals surface area contributed by atoms with Crippen molar-refractivity contribution in [3.05, 3.63) is 41.5 Å². The lowest BCUT2D eigenvalue weighted by molar-refractivity contribution is 0.112. The van der Waals surface area contributed by atoms with Gasteiger partial charge in [-0.05, 0) is 67.7 Å². The molecular weight excluding hydrogens is 274 g/mol. The Morgan fingerprint density at radius 3 is 2.82 bits per heavy atom. The van der Waals surface area contributed by atoms with Gasteiger partial charge in [-0.2, -0.15) is 0 Å². The molecule has 0 spiro atoms. The third kappa shape index (κ3) is 3.00. The number of rotatable bonds is 2. The van der Waals surface area contributed by atoms with Crippen LogP contribution in [0.15, 0.2) is 30.3 Å². The maximum atomic E-state index is 11.2. The van der Waals surface area contributed by atoms with E-state index in [9.17, 15) is 9.90 Å². The van der Waals surface area contributed by atoms with Crippen molar-refractivity contribution in [2.24, 2.45) is 0 Å². The highest BCUT2D eigenvalue weighted by Crippen LogP contribution is 2.32. The number of aromatic hydroxyl groups is 1. The van der Waals surface area contributed by atoms with Gasteiger partial charge in [-0.3, -0.25) is 4.79 Å². The van der Waals surface area contributed by atoms with E-state index in [0.717, 1.165) is 23.6 Å². The molecule has 0 amide bonds. The summed E-state index contributed by atoms with van der Waals surface area (Å²) in [6, 6.07) is 9.81. The van der Waals surface area contributed by atoms with Gasteiger partial charge in [-0.25, -0.2) is 0 Å². The number of nitrogens with zero attached hydrogens (tertiary/aromatic N) is 1. The average Bonchev–Trinajstić information content (AvgIpc) is 2.51. The number of likely N-dealkylation sites (tertiary alicyclic amines) is 1. The zero-order valence-electron chi connectivity index (χ0n) is 13.1. The molecule has 1 unspecified atom stereocenters. The van der Waals surface area contributed by atoms with E-state index in [1.165, 1.54) is 37.8 Å². The fraction of sp³-hybridized carbons (Fsp3) is 0.421. The average molecular weight is 297 g/mol. The Bertz CT molecular complexity index is 680. The largest absolute Gasteiger partial charge is 0.507 e. The molecule has 1 atom stereocenters. The molecule has 3 rings (SSSR count). The number of phenols is 1. The van der Waals surface area contributed by atoms with E-state index in [1.807, 2.05) is 12.1 Å². The standard InChI is InChI=1S/C19H23NO2/c1-20-10-3-2-4-14(9-11-20)15-5-7-17-16(12-15)6-8-19(22)18(17)13-21/h5-8,12-14,22H,2-4,9-11H2,1H3. The zero-order chi connectivity index (χ0) is 15.5. The van der Waals surface area contributed by atoms with E-state index in [-0.39, 0.29) is 5.75 Å². The summed E-state index contributed by atoms with van der Waals surface area (Å²) in [5, 5.41) is 11.7. The molecule has 0 saturated carbocycles. The van der Waals surface area contributed by atoms with E-state index >= 15 is 0 Å². The molecule has 116 valence electrons. The summed E-state index contributed by atoms with van der Waals surface area (Å²) in [5.41, 5.74) is 1.74. The number of carbonyl (C=O) groups is 1. The first-order valence-corrected chi connectivity index (χ1v) is 8.08. The smallest absolute Gasteiger partial charge is 0.154 e. The van der Waals surface area contributed by atoms with Crippen molar-refractivity contribution in [3.63, 3.8) is 0 Å². The Labute approximate surface area is 131 Å². The third-order valence-electron chi connectivity index (χ3n) is 4.85. The summed E-state index contributed by atoms with van der Waals surface area (Å²) in [6.07, 6.45) is 5.69. The van der Waals surface area contributed by atoms with Crippen molar-refractivity contribution in [1.29, 1.82) is 0 Å². The van der Waals surface area contributed by atoms with Gasteiger partial charge in [-0.1, -0.05) is 30.7 Å². The molecule has 3 heteroatoms. The topological polar surface area (TPSA) is 40.5 Å². The lowest BCUT2D eigenvalue weighted by Gasteiger charge is -2.26. The minimum absolute atomic E-state index is 0.0582. The monoisotopic (exact) mass is 297 g/mol. The minimum atomic E-state index is 0.0582. The van der Waals surface area contributed by atoms with E-state index in [2.05, 4.69) is 24.1 Å². The van der Waals surface area contributed by atoms with E-state index in [4.69, 9.17) is 0 Å². The zero-order valence-corrected chi connectivity index (χ0v) is 13.1. The predicted octanol–water partition coefficient (Wildman–Crippen LogP) is 3.95. The highest BCUT2D eigenvalue weighted by molar-refractivity contribution is 6.00. The SMILES string of the molecule is CN1CCCCC(c2ccc3c(C=O)c(O)ccc3c2)CC1. The minimum Gasteiger partial charge on any atom is -0.507 e. The van der Waals surface area contributed by atoms with E-state index in [1.54, 1.807) is 6.07 Å². The van der Waals surface area contributed by atoms with Crippen LogP contribution >= 0.6 is 0 Å². The quantitative estimate of drug-likeness (QED) is 0.853. The van der Waals surface area contributed by atoms with Crippen molar-refractivity contribution in [3.8, 4) is 5.75 Å². The number of fused-ring (bicyclic) bond motifs is 1. The molecule has 0 aliphatic carbocycles. The highest BCUT2D eigenvalue weighted by atomic mass is 16.3. The summed E-state index contributed by atoms with van der Waals surface area (Å²) >= 11 is 0. The van der Waals surface area contributed by atoms with Gasteiger partial charge in [0.25, 0.3) is 0 Å². The molecule has 0 aromatic heterocycles. The summed E-state index contributed by atoms with van der Waals surface area (Å²) in [5.74, 6) is 0.642. The second-order valence-electron chi connectivity index (χ2n) is 6.38. The second kappa shape index (κ2) is 6.49. The molecule has 0 bridgehead atoms. The number of hydrogen-bond donors (Lipinski definition) is 1. The molecule has 1 saturated heterocycles. The predicted molar refractivity (Wildman–Crippen MR) is 89.7 cm³/mol. The molecule has 22 heavy (non-hydrogen) atoms. The second-order valence-corrected chi connectivity index (χ2v) is 6.38. The summed E-state index contributed by atoms with van der Waals surface area (Å²) < 4.78 is 0. The Balaban J connectivity index is 1.94. The van der Waals surface area contributed by atoms with Crippen LogP contribution in [0.4, 0.5) is 0 Å². The maximum Gasteiger partial charge on any atom is 0.154 e. The van der Waals surface area contributed by atoms with Crippen LogP contribution < -0.4 is 0 Å². The van der Waals surface area contributed by atoms with Crippen molar-refractivity contribution in [1.82, 2.24) is 4.90 Å². The van der Waals surface area contributed by atoms with E-state index < -0.39 is 0 Å². The Morgan fingerprint density at radius 1 is 1.14 bits per heavy atom. The van der Waals surface area contributed by atoms with Crippen LogP contribution in [0.3, 0.4) is 0 Å². The van der Waals surface area contributed by atoms with Gasteiger partial charge in [0.15, 0.2) is 6.29 Å². The Kier molecular flexibility index (Phi) is 4.44. The number of hydrogen-bond acceptors (Lipinski definition) is 3. The third-order valence-corrected chi connectivity index (χ3v) is 4.85. The van der Waals surface area contributed by atoms with E-state index in [0.29, 0.717) is 11.5 Å². The number of aldehydes is 1. The van der Waals surface area contributed by atoms with Gasteiger partial charge in [0.1, 0.15) is 5.75 Å². The summed E-state index contributed by atoms with van der Waals surface area (Å²) in [7, 11) is 2.20. The first-order valence-electron chi connectivity index (χ1n) is 8.08. The molecule has 1 heterocycles. The van der Waals surface area contributed by atoms with Crippen molar-refractivity contribution < 1.29 is 9.90 Å². The van der Waals surface area contributed by atoms with Gasteiger partial charge >= 0.3 is 0 Å². The van der Waals surface area contributed by atoms with Crippen LogP contribution in [0.2, 0.25) is 0 Å². The van der Waals surface area contributed by atoms with Crippen LogP contribution in [-0.2, 0) is 0 Å². The van der Waals surface area contributed by atoms with Crippen LogP contribution in [0.5, 0.6) is 5.75 Å². The van der Waals surface area contributed by atoms with Gasteiger partial charge < -0.3 is 10.0 Å². The van der Waals surface area contributed by atoms with Gasteiger partial charge in [0, 0.05) is 0 Å². The highest BCUT2D eigenvalue weighted by Gasteiger charge is 2.16. The maximum absolute atomic E-state index is 11.2. The molecule has 1 aliphatic heterocycles. The fourth-order valence-electron chi connectivity index (χ4n) is 3.48. The molecule has 1 aliphatic rings. The van der Waals surface area contributed by atoms with Crippen molar-refractivity contribution in [2.45, 2.75) is 31.6 Å². The summed E-state index contributed by atoms with van der Waals surface area (Å²) in [6.45, 7) is 2.34. The first-order chi connectivity index (χ1) is 10.7. The number of carbonyl (C=O) groups excluding carboxylic acids is 1. The fourth-order valence-corrected chi connectivity index (χ4v) is 3.48. The van der Waals surface area contributed by atoms with Crippen molar-refractivity contribution >= 4 is 17.1 Å². The molecular formula is C19H23NO2. The van der Waals surface area contributed by atoms with Gasteiger partial charge in [0.05, 0.1) is 5.56 Å². The van der Waals surface area contributed by atoms with Crippen LogP contribution in [0, 0.1) is 0 Å². The lowest BCUT2D eigenvalue weighted by atomic mass is 9.87. The molecule has 2 aromatic rings. The first kappa shape index (κ1) is 15.0. The number of phenolic OH excluding ortho intramolecular Hbond substituents is 1.